The van der Waals surface area contributed by atoms with Gasteiger partial charge in [0.15, 0.2) is 8.03 Å². The van der Waals surface area contributed by atoms with Crippen molar-refractivity contribution in [2.24, 2.45) is 0 Å². The first-order valence-corrected chi connectivity index (χ1v) is 8.35. The van der Waals surface area contributed by atoms with Crippen LogP contribution in [0.25, 0.3) is 0 Å². The largest absolute Gasteiger partial charge is 0.497 e. The highest BCUT2D eigenvalue weighted by Gasteiger charge is 2.09. The van der Waals surface area contributed by atoms with E-state index < -0.39 is 8.03 Å². The Kier molecular flexibility index (Phi) is 8.05. The molecular formula is C14H22NO5P. The minimum Gasteiger partial charge on any atom is -0.497 e. The molecule has 0 radical (unpaired) electrons. The maximum absolute atomic E-state index is 11.4. The molecule has 7 heteroatoms. The monoisotopic (exact) mass is 315 g/mol. The Labute approximate surface area is 125 Å². The number of amides is 1. The van der Waals surface area contributed by atoms with Gasteiger partial charge in [-0.3, -0.25) is 14.2 Å². The summed E-state index contributed by atoms with van der Waals surface area (Å²) in [5.41, 5.74) is 1.08. The fourth-order valence-electron chi connectivity index (χ4n) is 1.75. The van der Waals surface area contributed by atoms with Gasteiger partial charge in [-0.1, -0.05) is 12.1 Å². The molecule has 1 N–H and O–H groups in total. The Morgan fingerprint density at radius 1 is 1.33 bits per heavy atom. The van der Waals surface area contributed by atoms with Gasteiger partial charge >= 0.3 is 0 Å². The topological polar surface area (TPSA) is 76.1 Å². The van der Waals surface area contributed by atoms with Gasteiger partial charge in [-0.2, -0.15) is 0 Å². The first-order chi connectivity index (χ1) is 10.0. The lowest BCUT2D eigenvalue weighted by molar-refractivity contribution is -0.183. The van der Waals surface area contributed by atoms with E-state index in [-0.39, 0.29) is 12.1 Å². The lowest BCUT2D eigenvalue weighted by atomic mass is 10.1. The number of carbonyl (C=O) groups is 1. The summed E-state index contributed by atoms with van der Waals surface area (Å²) in [6.45, 7) is 2.12. The third kappa shape index (κ3) is 7.27. The summed E-state index contributed by atoms with van der Waals surface area (Å²) in [4.78, 5) is 25.6. The molecule has 0 saturated carbocycles. The van der Waals surface area contributed by atoms with E-state index in [4.69, 9.17) is 14.5 Å². The SMILES string of the molecule is COc1ccc(CCON(CCC[PH](=O)O)C(C)=O)cc1. The Balaban J connectivity index is 2.35. The summed E-state index contributed by atoms with van der Waals surface area (Å²) in [6.07, 6.45) is 1.33. The van der Waals surface area contributed by atoms with Crippen LogP contribution in [0.2, 0.25) is 0 Å². The van der Waals surface area contributed by atoms with E-state index in [0.717, 1.165) is 11.3 Å². The van der Waals surface area contributed by atoms with Crippen LogP contribution in [0, 0.1) is 0 Å². The number of methoxy groups -OCH3 is 1. The zero-order valence-corrected chi connectivity index (χ0v) is 13.4. The van der Waals surface area contributed by atoms with Gasteiger partial charge in [-0.15, -0.1) is 0 Å². The Morgan fingerprint density at radius 2 is 2.00 bits per heavy atom. The molecule has 1 aromatic carbocycles. The molecule has 1 aromatic rings. The Morgan fingerprint density at radius 3 is 2.52 bits per heavy atom. The predicted octanol–water partition coefficient (Wildman–Crippen LogP) is 1.87. The molecule has 0 aromatic heterocycles. The van der Waals surface area contributed by atoms with Crippen LogP contribution in [0.15, 0.2) is 24.3 Å². The first-order valence-electron chi connectivity index (χ1n) is 6.78. The minimum atomic E-state index is -2.48. The molecule has 21 heavy (non-hydrogen) atoms. The van der Waals surface area contributed by atoms with Crippen molar-refractivity contribution in [3.8, 4) is 5.75 Å². The second-order valence-corrected chi connectivity index (χ2v) is 5.84. The number of hydrogen-bond donors (Lipinski definition) is 1. The van der Waals surface area contributed by atoms with E-state index >= 15 is 0 Å². The lowest BCUT2D eigenvalue weighted by Gasteiger charge is -2.20. The first kappa shape index (κ1) is 17.7. The molecule has 1 amide bonds. The van der Waals surface area contributed by atoms with Crippen LogP contribution in [-0.4, -0.2) is 42.3 Å². The number of rotatable bonds is 9. The van der Waals surface area contributed by atoms with Crippen molar-refractivity contribution in [2.45, 2.75) is 19.8 Å². The van der Waals surface area contributed by atoms with E-state index in [1.165, 1.54) is 12.0 Å². The van der Waals surface area contributed by atoms with E-state index in [1.807, 2.05) is 24.3 Å². The van der Waals surface area contributed by atoms with Crippen molar-refractivity contribution in [2.75, 3.05) is 26.4 Å². The number of carbonyl (C=O) groups excluding carboxylic acids is 1. The highest BCUT2D eigenvalue weighted by molar-refractivity contribution is 7.37. The number of benzene rings is 1. The smallest absolute Gasteiger partial charge is 0.242 e. The minimum absolute atomic E-state index is 0.205. The number of hydrogen-bond acceptors (Lipinski definition) is 4. The standard InChI is InChI=1S/C14H22NO5P/c1-12(16)15(9-3-11-21(17)18)20-10-8-13-4-6-14(19-2)7-5-13/h4-7,21H,3,8-11H2,1-2H3,(H,17,18). The van der Waals surface area contributed by atoms with Crippen molar-refractivity contribution in [3.05, 3.63) is 29.8 Å². The quantitative estimate of drug-likeness (QED) is 0.556. The molecule has 6 nitrogen and oxygen atoms in total. The van der Waals surface area contributed by atoms with Crippen LogP contribution in [0.1, 0.15) is 18.9 Å². The molecule has 0 aliphatic carbocycles. The summed E-state index contributed by atoms with van der Waals surface area (Å²) in [7, 11) is -0.865. The molecule has 0 fully saturated rings. The second-order valence-electron chi connectivity index (χ2n) is 4.55. The fourth-order valence-corrected chi connectivity index (χ4v) is 2.21. The average molecular weight is 315 g/mol. The van der Waals surface area contributed by atoms with Crippen LogP contribution in [0.4, 0.5) is 0 Å². The predicted molar refractivity (Wildman–Crippen MR) is 80.7 cm³/mol. The molecule has 0 spiro atoms. The molecule has 0 saturated heterocycles. The second kappa shape index (κ2) is 9.55. The number of hydroxylamine groups is 2. The summed E-state index contributed by atoms with van der Waals surface area (Å²) in [5.74, 6) is 0.589. The van der Waals surface area contributed by atoms with Crippen molar-refractivity contribution >= 4 is 13.9 Å². The highest BCUT2D eigenvalue weighted by Crippen LogP contribution is 2.14. The van der Waals surface area contributed by atoms with Gasteiger partial charge in [-0.25, -0.2) is 5.06 Å². The molecule has 0 aliphatic heterocycles. The van der Waals surface area contributed by atoms with Gasteiger partial charge in [-0.05, 0) is 30.5 Å². The Bertz CT molecular complexity index is 463. The molecule has 0 bridgehead atoms. The maximum atomic E-state index is 11.4. The highest BCUT2D eigenvalue weighted by atomic mass is 31.1. The average Bonchev–Trinajstić information content (AvgIpc) is 2.45. The number of ether oxygens (including phenoxy) is 1. The van der Waals surface area contributed by atoms with Gasteiger partial charge in [0, 0.05) is 19.6 Å². The summed E-state index contributed by atoms with van der Waals surface area (Å²) in [6, 6.07) is 7.63. The van der Waals surface area contributed by atoms with Crippen molar-refractivity contribution < 1.29 is 23.8 Å². The zero-order valence-electron chi connectivity index (χ0n) is 12.4. The maximum Gasteiger partial charge on any atom is 0.242 e. The summed E-state index contributed by atoms with van der Waals surface area (Å²) < 4.78 is 15.7. The molecule has 0 heterocycles. The van der Waals surface area contributed by atoms with Crippen LogP contribution in [0.5, 0.6) is 5.75 Å². The van der Waals surface area contributed by atoms with Crippen LogP contribution in [0.3, 0.4) is 0 Å². The molecule has 0 aliphatic rings. The lowest BCUT2D eigenvalue weighted by Crippen LogP contribution is -2.31. The molecular weight excluding hydrogens is 293 g/mol. The molecule has 1 rings (SSSR count). The van der Waals surface area contributed by atoms with E-state index in [0.29, 0.717) is 26.0 Å². The number of nitrogens with zero attached hydrogens (tertiary/aromatic N) is 1. The van der Waals surface area contributed by atoms with Gasteiger partial charge in [0.2, 0.25) is 5.91 Å². The van der Waals surface area contributed by atoms with Crippen molar-refractivity contribution in [3.63, 3.8) is 0 Å². The zero-order chi connectivity index (χ0) is 15.7. The normalized spacial score (nSPS) is 12.0. The van der Waals surface area contributed by atoms with Gasteiger partial charge in [0.05, 0.1) is 13.7 Å². The van der Waals surface area contributed by atoms with Gasteiger partial charge in [0.1, 0.15) is 5.75 Å². The van der Waals surface area contributed by atoms with Gasteiger partial charge in [0.25, 0.3) is 0 Å². The third-order valence-corrected chi connectivity index (χ3v) is 3.68. The van der Waals surface area contributed by atoms with E-state index in [9.17, 15) is 9.36 Å². The van der Waals surface area contributed by atoms with Crippen molar-refractivity contribution in [1.29, 1.82) is 0 Å². The van der Waals surface area contributed by atoms with Crippen LogP contribution in [-0.2, 0) is 20.6 Å². The summed E-state index contributed by atoms with van der Waals surface area (Å²) in [5, 5.41) is 1.24. The third-order valence-electron chi connectivity index (χ3n) is 2.90. The fraction of sp³-hybridized carbons (Fsp3) is 0.500. The molecule has 1 atom stereocenters. The van der Waals surface area contributed by atoms with Crippen molar-refractivity contribution in [1.82, 2.24) is 5.06 Å². The Hall–Kier alpha value is -1.36. The molecule has 1 unspecified atom stereocenters. The van der Waals surface area contributed by atoms with Crippen LogP contribution < -0.4 is 4.74 Å². The summed E-state index contributed by atoms with van der Waals surface area (Å²) >= 11 is 0. The molecule has 118 valence electrons. The van der Waals surface area contributed by atoms with Gasteiger partial charge < -0.3 is 9.63 Å². The van der Waals surface area contributed by atoms with Crippen LogP contribution >= 0.6 is 8.03 Å². The van der Waals surface area contributed by atoms with E-state index in [1.54, 1.807) is 7.11 Å². The van der Waals surface area contributed by atoms with E-state index in [2.05, 4.69) is 0 Å².